The maximum atomic E-state index is 9.22. The Kier molecular flexibility index (Phi) is 5.95. The second-order valence-corrected chi connectivity index (χ2v) is 4.00. The van der Waals surface area contributed by atoms with Crippen LogP contribution < -0.4 is 0 Å². The van der Waals surface area contributed by atoms with Gasteiger partial charge in [0, 0.05) is 0 Å². The second-order valence-electron chi connectivity index (χ2n) is 4.00. The summed E-state index contributed by atoms with van der Waals surface area (Å²) in [6.45, 7) is 8.25. The van der Waals surface area contributed by atoms with Crippen LogP contribution in [0.2, 0.25) is 0 Å². The van der Waals surface area contributed by atoms with E-state index >= 15 is 0 Å². The van der Waals surface area contributed by atoms with Crippen LogP contribution in [-0.2, 0) is 0 Å². The molecule has 1 atom stereocenters. The third-order valence-corrected chi connectivity index (χ3v) is 2.28. The molecule has 0 saturated carbocycles. The average molecular weight is 191 g/mol. The molecule has 0 heterocycles. The molecule has 0 saturated heterocycles. The Labute approximate surface area is 88.1 Å². The fraction of sp³-hybridized carbons (Fsp3) is 0.615. The van der Waals surface area contributed by atoms with E-state index in [0.29, 0.717) is 0 Å². The van der Waals surface area contributed by atoms with E-state index in [0.717, 1.165) is 19.3 Å². The molecule has 0 aliphatic heterocycles. The first kappa shape index (κ1) is 13.0. The van der Waals surface area contributed by atoms with Gasteiger partial charge in [-0.2, -0.15) is 5.26 Å². The van der Waals surface area contributed by atoms with Crippen molar-refractivity contribution >= 4 is 0 Å². The van der Waals surface area contributed by atoms with Gasteiger partial charge in [-0.25, -0.2) is 0 Å². The van der Waals surface area contributed by atoms with Crippen molar-refractivity contribution in [2.24, 2.45) is 5.41 Å². The topological polar surface area (TPSA) is 23.8 Å². The molecule has 0 amide bonds. The minimum Gasteiger partial charge on any atom is -0.197 e. The highest BCUT2D eigenvalue weighted by Crippen LogP contribution is 2.30. The first-order valence-corrected chi connectivity index (χ1v) is 5.28. The van der Waals surface area contributed by atoms with Gasteiger partial charge in [0.1, 0.15) is 0 Å². The van der Waals surface area contributed by atoms with E-state index in [1.54, 1.807) is 0 Å². The average Bonchev–Trinajstić information content (AvgIpc) is 2.15. The Bertz CT molecular complexity index is 251. The van der Waals surface area contributed by atoms with Crippen LogP contribution in [-0.4, -0.2) is 0 Å². The van der Waals surface area contributed by atoms with Crippen molar-refractivity contribution in [3.05, 3.63) is 23.8 Å². The lowest BCUT2D eigenvalue weighted by atomic mass is 9.81. The molecule has 0 aromatic carbocycles. The largest absolute Gasteiger partial charge is 0.197 e. The van der Waals surface area contributed by atoms with Crippen molar-refractivity contribution in [2.45, 2.75) is 47.0 Å². The summed E-state index contributed by atoms with van der Waals surface area (Å²) in [5, 5.41) is 9.22. The van der Waals surface area contributed by atoms with Gasteiger partial charge in [-0.1, -0.05) is 37.1 Å². The molecule has 1 unspecified atom stereocenters. The summed E-state index contributed by atoms with van der Waals surface area (Å²) >= 11 is 0. The Balaban J connectivity index is 4.68. The molecule has 0 spiro atoms. The minimum atomic E-state index is -0.277. The molecule has 14 heavy (non-hydrogen) atoms. The van der Waals surface area contributed by atoms with Crippen LogP contribution >= 0.6 is 0 Å². The van der Waals surface area contributed by atoms with Crippen molar-refractivity contribution < 1.29 is 0 Å². The Morgan fingerprint density at radius 1 is 1.43 bits per heavy atom. The Hall–Kier alpha value is -1.03. The summed E-state index contributed by atoms with van der Waals surface area (Å²) in [7, 11) is 0. The van der Waals surface area contributed by atoms with Crippen LogP contribution in [0, 0.1) is 16.7 Å². The lowest BCUT2D eigenvalue weighted by Gasteiger charge is -2.20. The first-order valence-electron chi connectivity index (χ1n) is 5.28. The highest BCUT2D eigenvalue weighted by Gasteiger charge is 2.23. The van der Waals surface area contributed by atoms with Crippen molar-refractivity contribution in [3.8, 4) is 6.07 Å². The summed E-state index contributed by atoms with van der Waals surface area (Å²) in [4.78, 5) is 0. The van der Waals surface area contributed by atoms with Gasteiger partial charge in [0.2, 0.25) is 0 Å². The van der Waals surface area contributed by atoms with Crippen molar-refractivity contribution in [1.82, 2.24) is 0 Å². The molecular weight excluding hydrogens is 170 g/mol. The maximum Gasteiger partial charge on any atom is 0.0787 e. The third-order valence-electron chi connectivity index (χ3n) is 2.28. The van der Waals surface area contributed by atoms with Crippen molar-refractivity contribution in [3.63, 3.8) is 0 Å². The summed E-state index contributed by atoms with van der Waals surface area (Å²) in [5.74, 6) is 0. The predicted octanol–water partition coefficient (Wildman–Crippen LogP) is 4.23. The number of hydrogen-bond donors (Lipinski definition) is 0. The molecule has 0 aliphatic carbocycles. The number of nitriles is 1. The van der Waals surface area contributed by atoms with Gasteiger partial charge in [0.25, 0.3) is 0 Å². The van der Waals surface area contributed by atoms with Gasteiger partial charge in [0.05, 0.1) is 11.5 Å². The number of rotatable bonds is 5. The summed E-state index contributed by atoms with van der Waals surface area (Å²) in [5.41, 5.74) is 1.01. The molecule has 0 radical (unpaired) electrons. The molecular formula is C13H21N. The zero-order chi connectivity index (χ0) is 11.0. The van der Waals surface area contributed by atoms with Crippen LogP contribution in [0.4, 0.5) is 0 Å². The summed E-state index contributed by atoms with van der Waals surface area (Å²) < 4.78 is 0. The van der Waals surface area contributed by atoms with Crippen LogP contribution in [0.25, 0.3) is 0 Å². The molecule has 0 N–H and O–H groups in total. The standard InChI is InChI=1S/C13H21N/c1-5-8-13(11-14,9-6-2)10-7-12(3)4/h5,7-8H,6,9-10H2,1-4H3/b8-5-. The van der Waals surface area contributed by atoms with Gasteiger partial charge in [-0.3, -0.25) is 0 Å². The number of hydrogen-bond acceptors (Lipinski definition) is 1. The van der Waals surface area contributed by atoms with Crippen LogP contribution in [0.1, 0.15) is 47.0 Å². The molecule has 1 nitrogen and oxygen atoms in total. The zero-order valence-corrected chi connectivity index (χ0v) is 9.80. The van der Waals surface area contributed by atoms with E-state index in [4.69, 9.17) is 0 Å². The van der Waals surface area contributed by atoms with Crippen molar-refractivity contribution in [2.75, 3.05) is 0 Å². The van der Waals surface area contributed by atoms with Gasteiger partial charge in [-0.05, 0) is 33.6 Å². The van der Waals surface area contributed by atoms with Gasteiger partial charge >= 0.3 is 0 Å². The van der Waals surface area contributed by atoms with Crippen LogP contribution in [0.15, 0.2) is 23.8 Å². The molecule has 0 aromatic rings. The fourth-order valence-corrected chi connectivity index (χ4v) is 1.54. The molecule has 0 aliphatic rings. The normalized spacial score (nSPS) is 14.8. The predicted molar refractivity (Wildman–Crippen MR) is 61.8 cm³/mol. The van der Waals surface area contributed by atoms with Crippen LogP contribution in [0.3, 0.4) is 0 Å². The second kappa shape index (κ2) is 6.43. The van der Waals surface area contributed by atoms with Gasteiger partial charge in [-0.15, -0.1) is 0 Å². The third kappa shape index (κ3) is 4.28. The lowest BCUT2D eigenvalue weighted by Crippen LogP contribution is -2.14. The smallest absolute Gasteiger partial charge is 0.0787 e. The van der Waals surface area contributed by atoms with Crippen LogP contribution in [0.5, 0.6) is 0 Å². The summed E-state index contributed by atoms with van der Waals surface area (Å²) in [6.07, 6.45) is 9.00. The molecule has 0 bridgehead atoms. The minimum absolute atomic E-state index is 0.277. The zero-order valence-electron chi connectivity index (χ0n) is 9.80. The van der Waals surface area contributed by atoms with Crippen molar-refractivity contribution in [1.29, 1.82) is 5.26 Å². The van der Waals surface area contributed by atoms with E-state index in [1.165, 1.54) is 5.57 Å². The number of allylic oxidation sites excluding steroid dienone is 4. The SMILES string of the molecule is C/C=C\C(C#N)(CC=C(C)C)CCC. The fourth-order valence-electron chi connectivity index (χ4n) is 1.54. The summed E-state index contributed by atoms with van der Waals surface area (Å²) in [6, 6.07) is 2.44. The van der Waals surface area contributed by atoms with E-state index in [-0.39, 0.29) is 5.41 Å². The monoisotopic (exact) mass is 191 g/mol. The first-order chi connectivity index (χ1) is 6.60. The van der Waals surface area contributed by atoms with Gasteiger partial charge in [0.15, 0.2) is 0 Å². The Morgan fingerprint density at radius 3 is 2.43 bits per heavy atom. The molecule has 78 valence electrons. The van der Waals surface area contributed by atoms with E-state index in [2.05, 4.69) is 32.9 Å². The van der Waals surface area contributed by atoms with E-state index in [1.807, 2.05) is 19.1 Å². The van der Waals surface area contributed by atoms with E-state index < -0.39 is 0 Å². The lowest BCUT2D eigenvalue weighted by molar-refractivity contribution is 0.461. The Morgan fingerprint density at radius 2 is 2.07 bits per heavy atom. The molecule has 1 heteroatoms. The highest BCUT2D eigenvalue weighted by atomic mass is 14.3. The highest BCUT2D eigenvalue weighted by molar-refractivity contribution is 5.15. The molecule has 0 fully saturated rings. The maximum absolute atomic E-state index is 9.22. The van der Waals surface area contributed by atoms with E-state index in [9.17, 15) is 5.26 Å². The van der Waals surface area contributed by atoms with Gasteiger partial charge < -0.3 is 0 Å². The molecule has 0 rings (SSSR count). The molecule has 0 aromatic heterocycles. The number of nitrogens with zero attached hydrogens (tertiary/aromatic N) is 1. The quantitative estimate of drug-likeness (QED) is 0.596.